The first kappa shape index (κ1) is 22.8. The van der Waals surface area contributed by atoms with Crippen molar-refractivity contribution in [1.82, 2.24) is 4.57 Å². The lowest BCUT2D eigenvalue weighted by atomic mass is 10.1. The van der Waals surface area contributed by atoms with Gasteiger partial charge in [0.1, 0.15) is 5.75 Å². The van der Waals surface area contributed by atoms with E-state index in [9.17, 15) is 27.5 Å². The summed E-state index contributed by atoms with van der Waals surface area (Å²) < 4.78 is 58.6. The van der Waals surface area contributed by atoms with Gasteiger partial charge >= 0.3 is 17.6 Å². The number of ether oxygens (including phenoxy) is 1. The summed E-state index contributed by atoms with van der Waals surface area (Å²) in [6.07, 6.45) is -3.98. The molecule has 0 aliphatic carbocycles. The zero-order valence-electron chi connectivity index (χ0n) is 15.7. The molecule has 0 bridgehead atoms. The highest BCUT2D eigenvalue weighted by molar-refractivity contribution is 8.02. The number of carbonyl (C=O) groups is 1. The van der Waals surface area contributed by atoms with E-state index in [0.29, 0.717) is 37.8 Å². The van der Waals surface area contributed by atoms with Gasteiger partial charge in [-0.05, 0) is 48.5 Å². The molecule has 0 saturated heterocycles. The van der Waals surface area contributed by atoms with Crippen LogP contribution in [0.25, 0.3) is 10.9 Å². The predicted octanol–water partition coefficient (Wildman–Crippen LogP) is 6.30. The van der Waals surface area contributed by atoms with E-state index in [4.69, 9.17) is 16.3 Å². The molecule has 30 heavy (non-hydrogen) atoms. The number of carboxylic acid groups (broad SMARTS) is 1. The van der Waals surface area contributed by atoms with Gasteiger partial charge in [0, 0.05) is 16.0 Å². The summed E-state index contributed by atoms with van der Waals surface area (Å²) in [6.45, 7) is 2.00. The van der Waals surface area contributed by atoms with E-state index < -0.39 is 17.6 Å². The van der Waals surface area contributed by atoms with Crippen LogP contribution in [0.3, 0.4) is 0 Å². The van der Waals surface area contributed by atoms with E-state index in [1.54, 1.807) is 25.1 Å². The third-order valence-electron chi connectivity index (χ3n) is 4.50. The average Bonchev–Trinajstić information content (AvgIpc) is 3.18. The number of halogens is 5. The third kappa shape index (κ3) is 4.55. The van der Waals surface area contributed by atoms with Gasteiger partial charge in [0.25, 0.3) is 0 Å². The molecule has 3 rings (SSSR count). The molecule has 0 aliphatic heterocycles. The molecule has 162 valence electrons. The molecule has 3 aromatic rings. The zero-order chi connectivity index (χ0) is 22.2. The molecule has 1 aromatic carbocycles. The van der Waals surface area contributed by atoms with Gasteiger partial charge in [-0.25, -0.2) is 8.78 Å². The lowest BCUT2D eigenvalue weighted by Crippen LogP contribution is -2.21. The number of thiophene rings is 1. The molecule has 0 saturated carbocycles. The second kappa shape index (κ2) is 8.68. The van der Waals surface area contributed by atoms with E-state index in [0.717, 1.165) is 11.3 Å². The van der Waals surface area contributed by atoms with Crippen molar-refractivity contribution < 1.29 is 32.2 Å². The van der Waals surface area contributed by atoms with Gasteiger partial charge in [-0.15, -0.1) is 11.3 Å². The quantitative estimate of drug-likeness (QED) is 0.303. The van der Waals surface area contributed by atoms with Crippen molar-refractivity contribution in [2.24, 2.45) is 0 Å². The number of alkyl halides is 4. The molecular weight excluding hydrogens is 466 g/mol. The van der Waals surface area contributed by atoms with E-state index in [2.05, 4.69) is 0 Å². The Labute approximate surface area is 182 Å². The van der Waals surface area contributed by atoms with Crippen LogP contribution in [0.2, 0.25) is 5.02 Å². The topological polar surface area (TPSA) is 51.5 Å². The molecule has 0 aliphatic rings. The monoisotopic (exact) mass is 481 g/mol. The smallest absolute Gasteiger partial charge is 0.358 e. The average molecular weight is 482 g/mol. The minimum atomic E-state index is -4.17. The van der Waals surface area contributed by atoms with Crippen molar-refractivity contribution in [2.45, 2.75) is 35.8 Å². The second-order valence-electron chi connectivity index (χ2n) is 6.41. The molecule has 0 amide bonds. The molecular formula is C19H16ClF4NO3S2. The Hall–Kier alpha value is -1.91. The molecule has 0 spiro atoms. The predicted molar refractivity (Wildman–Crippen MR) is 110 cm³/mol. The molecule has 0 radical (unpaired) electrons. The number of benzene rings is 1. The fourth-order valence-electron chi connectivity index (χ4n) is 3.11. The van der Waals surface area contributed by atoms with Gasteiger partial charge in [-0.1, -0.05) is 11.6 Å². The van der Waals surface area contributed by atoms with Crippen LogP contribution in [0.5, 0.6) is 5.75 Å². The zero-order valence-corrected chi connectivity index (χ0v) is 18.1. The van der Waals surface area contributed by atoms with Crippen molar-refractivity contribution in [1.29, 1.82) is 0 Å². The van der Waals surface area contributed by atoms with Crippen molar-refractivity contribution in [2.75, 3.05) is 7.11 Å². The summed E-state index contributed by atoms with van der Waals surface area (Å²) >= 11 is 7.05. The van der Waals surface area contributed by atoms with Crippen LogP contribution in [0.4, 0.5) is 17.6 Å². The van der Waals surface area contributed by atoms with Gasteiger partial charge in [-0.3, -0.25) is 4.79 Å². The molecule has 4 nitrogen and oxygen atoms in total. The Balaban J connectivity index is 2.01. The standard InChI is InChI=1S/C19H16ClF4NO3S2/c1-9-11(6-16(26)27)12-5-15(28-2)13(20)7-14(12)25(9)8-10-3-4-17(29-10)30-19(23,24)18(21)22/h3-5,7,18H,6,8H2,1-2H3,(H,26,27). The number of fused-ring (bicyclic) bond motifs is 1. The van der Waals surface area contributed by atoms with Crippen LogP contribution in [-0.4, -0.2) is 34.4 Å². The number of hydrogen-bond acceptors (Lipinski definition) is 4. The van der Waals surface area contributed by atoms with Crippen LogP contribution in [-0.2, 0) is 17.8 Å². The number of carboxylic acids is 1. The first-order valence-corrected chi connectivity index (χ1v) is 10.5. The summed E-state index contributed by atoms with van der Waals surface area (Å²) in [7, 11) is 1.45. The Morgan fingerprint density at radius 2 is 2.07 bits per heavy atom. The molecule has 0 unspecified atom stereocenters. The fourth-order valence-corrected chi connectivity index (χ4v) is 5.39. The Morgan fingerprint density at radius 3 is 2.67 bits per heavy atom. The normalized spacial score (nSPS) is 12.1. The van der Waals surface area contributed by atoms with E-state index in [1.165, 1.54) is 13.2 Å². The molecule has 2 aromatic heterocycles. The third-order valence-corrected chi connectivity index (χ3v) is 6.94. The van der Waals surface area contributed by atoms with Crippen LogP contribution < -0.4 is 4.74 Å². The van der Waals surface area contributed by atoms with Crippen molar-refractivity contribution in [3.8, 4) is 5.75 Å². The van der Waals surface area contributed by atoms with Crippen LogP contribution in [0, 0.1) is 6.92 Å². The van der Waals surface area contributed by atoms with Gasteiger partial charge < -0.3 is 14.4 Å². The molecule has 0 fully saturated rings. The van der Waals surface area contributed by atoms with E-state index in [-0.39, 0.29) is 28.9 Å². The second-order valence-corrected chi connectivity index (χ2v) is 9.43. The van der Waals surface area contributed by atoms with Crippen molar-refractivity contribution >= 4 is 51.6 Å². The lowest BCUT2D eigenvalue weighted by Gasteiger charge is -2.12. The van der Waals surface area contributed by atoms with Gasteiger partial charge in [-0.2, -0.15) is 8.78 Å². The summed E-state index contributed by atoms with van der Waals surface area (Å²) in [6, 6.07) is 6.28. The molecule has 1 N–H and O–H groups in total. The number of thioether (sulfide) groups is 1. The number of aliphatic carboxylic acids is 1. The summed E-state index contributed by atoms with van der Waals surface area (Å²) in [5.74, 6) is -0.605. The first-order chi connectivity index (χ1) is 14.0. The molecule has 11 heteroatoms. The van der Waals surface area contributed by atoms with E-state index in [1.807, 2.05) is 4.57 Å². The largest absolute Gasteiger partial charge is 0.495 e. The first-order valence-electron chi connectivity index (χ1n) is 8.54. The van der Waals surface area contributed by atoms with Crippen LogP contribution in [0.1, 0.15) is 16.1 Å². The summed E-state index contributed by atoms with van der Waals surface area (Å²) in [5.41, 5.74) is 1.93. The van der Waals surface area contributed by atoms with Gasteiger partial charge in [0.2, 0.25) is 0 Å². The fraction of sp³-hybridized carbons (Fsp3) is 0.316. The Morgan fingerprint density at radius 1 is 1.37 bits per heavy atom. The number of methoxy groups -OCH3 is 1. The van der Waals surface area contributed by atoms with Gasteiger partial charge in [0.05, 0.1) is 34.8 Å². The Bertz CT molecular complexity index is 1100. The minimum absolute atomic E-state index is 0.0647. The maximum Gasteiger partial charge on any atom is 0.358 e. The molecule has 0 atom stereocenters. The number of rotatable bonds is 8. The van der Waals surface area contributed by atoms with Crippen LogP contribution in [0.15, 0.2) is 28.5 Å². The highest BCUT2D eigenvalue weighted by atomic mass is 35.5. The molecule has 2 heterocycles. The van der Waals surface area contributed by atoms with Crippen LogP contribution >= 0.6 is 34.7 Å². The highest BCUT2D eigenvalue weighted by Crippen LogP contribution is 2.43. The minimum Gasteiger partial charge on any atom is -0.495 e. The number of aromatic nitrogens is 1. The lowest BCUT2D eigenvalue weighted by molar-refractivity contribution is -0.136. The summed E-state index contributed by atoms with van der Waals surface area (Å²) in [4.78, 5) is 12.0. The SMILES string of the molecule is COc1cc2c(CC(=O)O)c(C)n(Cc3ccc(SC(F)(F)C(F)F)s3)c2cc1Cl. The number of nitrogens with zero attached hydrogens (tertiary/aromatic N) is 1. The summed E-state index contributed by atoms with van der Waals surface area (Å²) in [5, 5.41) is 6.11. The highest BCUT2D eigenvalue weighted by Gasteiger charge is 2.42. The van der Waals surface area contributed by atoms with Crippen molar-refractivity contribution in [3.63, 3.8) is 0 Å². The van der Waals surface area contributed by atoms with Crippen molar-refractivity contribution in [3.05, 3.63) is 45.4 Å². The Kier molecular flexibility index (Phi) is 6.59. The maximum absolute atomic E-state index is 13.3. The van der Waals surface area contributed by atoms with E-state index >= 15 is 0 Å². The number of hydrogen-bond donors (Lipinski definition) is 1. The maximum atomic E-state index is 13.3. The van der Waals surface area contributed by atoms with Gasteiger partial charge in [0.15, 0.2) is 0 Å².